The first kappa shape index (κ1) is 14.4. The Hall–Kier alpha value is -1.59. The van der Waals surface area contributed by atoms with Crippen molar-refractivity contribution in [3.63, 3.8) is 0 Å². The minimum Gasteiger partial charge on any atom is -0.345 e. The van der Waals surface area contributed by atoms with E-state index in [0.717, 1.165) is 0 Å². The molecule has 0 aliphatic heterocycles. The van der Waals surface area contributed by atoms with Gasteiger partial charge in [0.15, 0.2) is 0 Å². The summed E-state index contributed by atoms with van der Waals surface area (Å²) in [5, 5.41) is 2.33. The van der Waals surface area contributed by atoms with Crippen molar-refractivity contribution < 1.29 is 24.2 Å². The molecule has 0 unspecified atom stereocenters. The molecule has 0 aromatic rings. The molecule has 0 spiro atoms. The largest absolute Gasteiger partial charge is 0.374 e. The summed E-state index contributed by atoms with van der Waals surface area (Å²) in [5.74, 6) is -1.89. The molecule has 0 atom stereocenters. The van der Waals surface area contributed by atoms with Crippen molar-refractivity contribution in [3.8, 4) is 0 Å². The number of carbonyl (C=O) groups excluding carboxylic acids is 3. The summed E-state index contributed by atoms with van der Waals surface area (Å²) in [6, 6.07) is 0. The van der Waals surface area contributed by atoms with E-state index in [1.165, 1.54) is 0 Å². The fraction of sp³-hybridized carbons (Fsp3) is 0.700. The summed E-state index contributed by atoms with van der Waals surface area (Å²) in [6.45, 7) is 4.88. The summed E-state index contributed by atoms with van der Waals surface area (Å²) in [5.41, 5.74) is 0. The summed E-state index contributed by atoms with van der Waals surface area (Å²) < 4.78 is 0. The van der Waals surface area contributed by atoms with Crippen molar-refractivity contribution in [2.45, 2.75) is 33.6 Å². The topological polar surface area (TPSA) is 81.7 Å². The molecule has 16 heavy (non-hydrogen) atoms. The zero-order chi connectivity index (χ0) is 12.6. The molecule has 0 aromatic carbocycles. The first-order valence-electron chi connectivity index (χ1n) is 5.15. The van der Waals surface area contributed by atoms with Crippen molar-refractivity contribution in [1.82, 2.24) is 5.32 Å². The molecule has 0 heterocycles. The first-order valence-corrected chi connectivity index (χ1v) is 5.15. The zero-order valence-corrected chi connectivity index (χ0v) is 9.74. The van der Waals surface area contributed by atoms with Gasteiger partial charge in [0.05, 0.1) is 0 Å². The van der Waals surface area contributed by atoms with Crippen molar-refractivity contribution in [2.24, 2.45) is 5.92 Å². The number of amides is 1. The Bertz CT molecular complexity index is 262. The molecule has 0 aliphatic rings. The lowest BCUT2D eigenvalue weighted by atomic mass is 10.2. The summed E-state index contributed by atoms with van der Waals surface area (Å²) in [7, 11) is 0. The van der Waals surface area contributed by atoms with Crippen molar-refractivity contribution in [2.75, 3.05) is 6.54 Å². The molecule has 1 N–H and O–H groups in total. The lowest BCUT2D eigenvalue weighted by Crippen LogP contribution is -2.33. The van der Waals surface area contributed by atoms with Crippen LogP contribution >= 0.6 is 0 Å². The number of carbonyl (C=O) groups is 3. The molecule has 92 valence electrons. The summed E-state index contributed by atoms with van der Waals surface area (Å²) >= 11 is 0. The second kappa shape index (κ2) is 7.67. The van der Waals surface area contributed by atoms with E-state index >= 15 is 0 Å². The van der Waals surface area contributed by atoms with E-state index in [9.17, 15) is 14.4 Å². The zero-order valence-electron chi connectivity index (χ0n) is 9.74. The minimum absolute atomic E-state index is 0.186. The van der Waals surface area contributed by atoms with E-state index < -0.39 is 11.9 Å². The highest BCUT2D eigenvalue weighted by atomic mass is 17.2. The van der Waals surface area contributed by atoms with Crippen LogP contribution in [0, 0.1) is 5.92 Å². The average Bonchev–Trinajstić information content (AvgIpc) is 2.23. The first-order chi connectivity index (χ1) is 7.47. The molecule has 1 amide bonds. The standard InChI is InChI=1S/C10H17NO5/c1-4-5-8(12)15-16-9(13)6-11-10(14)7(2)3/h7H,4-6H2,1-3H3,(H,11,14). The van der Waals surface area contributed by atoms with Crippen LogP contribution in [0.5, 0.6) is 0 Å². The molecule has 0 rings (SSSR count). The Morgan fingerprint density at radius 1 is 1.12 bits per heavy atom. The van der Waals surface area contributed by atoms with Crippen molar-refractivity contribution in [3.05, 3.63) is 0 Å². The molecule has 0 bridgehead atoms. The van der Waals surface area contributed by atoms with Gasteiger partial charge in [0, 0.05) is 12.3 Å². The molecule has 6 nitrogen and oxygen atoms in total. The van der Waals surface area contributed by atoms with Gasteiger partial charge in [0.1, 0.15) is 6.54 Å². The van der Waals surface area contributed by atoms with Gasteiger partial charge < -0.3 is 5.32 Å². The lowest BCUT2D eigenvalue weighted by Gasteiger charge is -2.06. The van der Waals surface area contributed by atoms with Gasteiger partial charge >= 0.3 is 11.9 Å². The Labute approximate surface area is 94.2 Å². The molecule has 0 aromatic heterocycles. The Balaban J connectivity index is 3.67. The maximum absolute atomic E-state index is 11.1. The molecule has 0 radical (unpaired) electrons. The smallest absolute Gasteiger partial charge is 0.345 e. The number of nitrogens with one attached hydrogen (secondary N) is 1. The average molecular weight is 231 g/mol. The van der Waals surface area contributed by atoms with Crippen LogP contribution < -0.4 is 5.32 Å². The van der Waals surface area contributed by atoms with E-state index in [1.807, 2.05) is 0 Å². The quantitative estimate of drug-likeness (QED) is 0.552. The maximum Gasteiger partial charge on any atom is 0.374 e. The Morgan fingerprint density at radius 3 is 2.19 bits per heavy atom. The third-order valence-corrected chi connectivity index (χ3v) is 1.61. The molecule has 0 saturated carbocycles. The third-order valence-electron chi connectivity index (χ3n) is 1.61. The highest BCUT2D eigenvalue weighted by molar-refractivity contribution is 5.83. The molecule has 0 saturated heterocycles. The van der Waals surface area contributed by atoms with Crippen LogP contribution in [0.25, 0.3) is 0 Å². The van der Waals surface area contributed by atoms with Gasteiger partial charge in [0.25, 0.3) is 0 Å². The number of rotatable bonds is 5. The van der Waals surface area contributed by atoms with Crippen LogP contribution in [0.4, 0.5) is 0 Å². The van der Waals surface area contributed by atoms with Crippen LogP contribution in [0.3, 0.4) is 0 Å². The van der Waals surface area contributed by atoms with E-state index in [2.05, 4.69) is 15.1 Å². The third kappa shape index (κ3) is 6.80. The van der Waals surface area contributed by atoms with Crippen LogP contribution in [0.1, 0.15) is 33.6 Å². The summed E-state index contributed by atoms with van der Waals surface area (Å²) in [4.78, 5) is 41.2. The van der Waals surface area contributed by atoms with Crippen molar-refractivity contribution >= 4 is 17.8 Å². The fourth-order valence-electron chi connectivity index (χ4n) is 0.732. The van der Waals surface area contributed by atoms with Gasteiger partial charge in [-0.05, 0) is 6.42 Å². The van der Waals surface area contributed by atoms with Gasteiger partial charge in [-0.25, -0.2) is 19.4 Å². The van der Waals surface area contributed by atoms with Gasteiger partial charge in [-0.1, -0.05) is 20.8 Å². The number of hydrogen-bond acceptors (Lipinski definition) is 5. The van der Waals surface area contributed by atoms with E-state index in [0.29, 0.717) is 6.42 Å². The van der Waals surface area contributed by atoms with Gasteiger partial charge in [-0.3, -0.25) is 4.79 Å². The van der Waals surface area contributed by atoms with Gasteiger partial charge in [-0.15, -0.1) is 0 Å². The monoisotopic (exact) mass is 231 g/mol. The van der Waals surface area contributed by atoms with Crippen LogP contribution in [-0.4, -0.2) is 24.4 Å². The predicted molar refractivity (Wildman–Crippen MR) is 54.9 cm³/mol. The normalized spacial score (nSPS) is 9.75. The SMILES string of the molecule is CCCC(=O)OOC(=O)CNC(=O)C(C)C. The fourth-order valence-corrected chi connectivity index (χ4v) is 0.732. The molecule has 0 aliphatic carbocycles. The maximum atomic E-state index is 11.1. The molecular weight excluding hydrogens is 214 g/mol. The van der Waals surface area contributed by atoms with E-state index in [4.69, 9.17) is 0 Å². The minimum atomic E-state index is -0.807. The highest BCUT2D eigenvalue weighted by Crippen LogP contribution is 1.93. The second-order valence-corrected chi connectivity index (χ2v) is 3.53. The Morgan fingerprint density at radius 2 is 1.69 bits per heavy atom. The van der Waals surface area contributed by atoms with Crippen LogP contribution in [-0.2, 0) is 24.2 Å². The van der Waals surface area contributed by atoms with Crippen molar-refractivity contribution in [1.29, 1.82) is 0 Å². The van der Waals surface area contributed by atoms with Gasteiger partial charge in [-0.2, -0.15) is 0 Å². The number of hydrogen-bond donors (Lipinski definition) is 1. The lowest BCUT2D eigenvalue weighted by molar-refractivity contribution is -0.258. The highest BCUT2D eigenvalue weighted by Gasteiger charge is 2.12. The van der Waals surface area contributed by atoms with E-state index in [1.54, 1.807) is 20.8 Å². The predicted octanol–water partition coefficient (Wildman–Crippen LogP) is 0.560. The molecule has 0 fully saturated rings. The van der Waals surface area contributed by atoms with Crippen LogP contribution in [0.2, 0.25) is 0 Å². The van der Waals surface area contributed by atoms with E-state index in [-0.39, 0.29) is 24.8 Å². The molecule has 6 heteroatoms. The second-order valence-electron chi connectivity index (χ2n) is 3.53. The molecular formula is C10H17NO5. The Kier molecular flexibility index (Phi) is 6.91. The van der Waals surface area contributed by atoms with Gasteiger partial charge in [0.2, 0.25) is 5.91 Å². The summed E-state index contributed by atoms with van der Waals surface area (Å²) in [6.07, 6.45) is 0.798. The van der Waals surface area contributed by atoms with Crippen LogP contribution in [0.15, 0.2) is 0 Å².